The largest absolute Gasteiger partial charge is 0.444 e. The number of hydrogen-bond donors (Lipinski definition) is 2. The molecule has 1 aromatic rings. The van der Waals surface area contributed by atoms with Gasteiger partial charge in [0.25, 0.3) is 5.91 Å². The molecule has 0 bridgehead atoms. The molecular weight excluding hydrogens is 460 g/mol. The molecule has 1 fully saturated rings. The first-order valence-electron chi connectivity index (χ1n) is 7.83. The molecule has 2 heterocycles. The first kappa shape index (κ1) is 20.2. The van der Waals surface area contributed by atoms with Crippen molar-refractivity contribution in [2.24, 2.45) is 0 Å². The van der Waals surface area contributed by atoms with Crippen LogP contribution in [0.15, 0.2) is 9.21 Å². The number of carbonyl (C=O) groups excluding carboxylic acids is 2. The number of rotatable bonds is 3. The molecule has 25 heavy (non-hydrogen) atoms. The van der Waals surface area contributed by atoms with E-state index in [4.69, 9.17) is 9.47 Å². The Morgan fingerprint density at radius 1 is 1.36 bits per heavy atom. The molecule has 2 atom stereocenters. The Morgan fingerprint density at radius 2 is 2.04 bits per heavy atom. The van der Waals surface area contributed by atoms with E-state index in [1.165, 1.54) is 0 Å². The lowest BCUT2D eigenvalue weighted by Gasteiger charge is -2.38. The maximum Gasteiger partial charge on any atom is 0.410 e. The van der Waals surface area contributed by atoms with Crippen molar-refractivity contribution < 1.29 is 19.1 Å². The predicted molar refractivity (Wildman–Crippen MR) is 98.5 cm³/mol. The molecule has 0 aliphatic carbocycles. The van der Waals surface area contributed by atoms with E-state index in [2.05, 4.69) is 47.1 Å². The number of carbonyl (C=O) groups is 2. The number of H-pyrrole nitrogens is 1. The van der Waals surface area contributed by atoms with Gasteiger partial charge in [-0.1, -0.05) is 0 Å². The minimum Gasteiger partial charge on any atom is -0.444 e. The highest BCUT2D eigenvalue weighted by Gasteiger charge is 2.35. The molecule has 1 aromatic heterocycles. The maximum atomic E-state index is 12.3. The van der Waals surface area contributed by atoms with Crippen molar-refractivity contribution in [1.82, 2.24) is 20.2 Å². The van der Waals surface area contributed by atoms with E-state index < -0.39 is 5.60 Å². The third kappa shape index (κ3) is 5.42. The van der Waals surface area contributed by atoms with Crippen molar-refractivity contribution in [1.29, 1.82) is 0 Å². The lowest BCUT2D eigenvalue weighted by atomic mass is 10.0. The minimum absolute atomic E-state index is 0.197. The molecule has 1 aliphatic heterocycles. The number of aromatic nitrogens is 2. The summed E-state index contributed by atoms with van der Waals surface area (Å²) in [4.78, 5) is 33.1. The van der Waals surface area contributed by atoms with Crippen molar-refractivity contribution in [3.63, 3.8) is 0 Å². The van der Waals surface area contributed by atoms with Gasteiger partial charge in [0.05, 0.1) is 18.7 Å². The van der Waals surface area contributed by atoms with Gasteiger partial charge in [-0.15, -0.1) is 0 Å². The van der Waals surface area contributed by atoms with E-state index in [-0.39, 0.29) is 30.0 Å². The van der Waals surface area contributed by atoms with Crippen LogP contribution in [0.3, 0.4) is 0 Å². The Bertz CT molecular complexity index is 624. The lowest BCUT2D eigenvalue weighted by molar-refractivity contribution is -0.0172. The Labute approximate surface area is 163 Å². The molecule has 8 nitrogen and oxygen atoms in total. The first-order valence-corrected chi connectivity index (χ1v) is 9.42. The zero-order valence-corrected chi connectivity index (χ0v) is 17.7. The molecule has 140 valence electrons. The van der Waals surface area contributed by atoms with Gasteiger partial charge in [-0.3, -0.25) is 4.79 Å². The Kier molecular flexibility index (Phi) is 6.50. The number of amides is 2. The number of nitrogens with zero attached hydrogens (tertiary/aromatic N) is 2. The smallest absolute Gasteiger partial charge is 0.410 e. The molecule has 2 amide bonds. The maximum absolute atomic E-state index is 12.3. The van der Waals surface area contributed by atoms with Crippen LogP contribution in [0.25, 0.3) is 0 Å². The Morgan fingerprint density at radius 3 is 2.56 bits per heavy atom. The molecular formula is C15H22Br2N4O4. The molecule has 0 unspecified atom stereocenters. The van der Waals surface area contributed by atoms with Gasteiger partial charge in [0, 0.05) is 13.7 Å². The van der Waals surface area contributed by atoms with Crippen molar-refractivity contribution >= 4 is 43.9 Å². The van der Waals surface area contributed by atoms with Crippen LogP contribution in [-0.4, -0.2) is 64.8 Å². The Balaban J connectivity index is 1.97. The molecule has 1 saturated heterocycles. The SMILES string of the molecule is CO[C@@H]1CN(C(=O)OC(C)(C)C)CC[C@@H]1NC(=O)c1nc(Br)c(Br)[nH]1. The van der Waals surface area contributed by atoms with Crippen LogP contribution in [0.1, 0.15) is 37.8 Å². The molecule has 2 N–H and O–H groups in total. The number of halogens is 2. The quantitative estimate of drug-likeness (QED) is 0.691. The Hall–Kier alpha value is -1.13. The highest BCUT2D eigenvalue weighted by atomic mass is 79.9. The number of hydrogen-bond acceptors (Lipinski definition) is 5. The number of piperidine rings is 1. The van der Waals surface area contributed by atoms with Crippen molar-refractivity contribution in [2.75, 3.05) is 20.2 Å². The molecule has 10 heteroatoms. The fourth-order valence-electron chi connectivity index (χ4n) is 2.49. The second kappa shape index (κ2) is 8.05. The minimum atomic E-state index is -0.551. The highest BCUT2D eigenvalue weighted by molar-refractivity contribution is 9.13. The number of nitrogens with one attached hydrogen (secondary N) is 2. The summed E-state index contributed by atoms with van der Waals surface area (Å²) in [6, 6.07) is -0.223. The first-order chi connectivity index (χ1) is 11.6. The number of aromatic amines is 1. The van der Waals surface area contributed by atoms with Crippen LogP contribution < -0.4 is 5.32 Å². The number of methoxy groups -OCH3 is 1. The van der Waals surface area contributed by atoms with Crippen LogP contribution in [0.5, 0.6) is 0 Å². The summed E-state index contributed by atoms with van der Waals surface area (Å²) in [5, 5.41) is 2.91. The van der Waals surface area contributed by atoms with E-state index >= 15 is 0 Å². The molecule has 2 rings (SSSR count). The van der Waals surface area contributed by atoms with E-state index in [0.717, 1.165) is 0 Å². The normalized spacial score (nSPS) is 21.1. The van der Waals surface area contributed by atoms with Gasteiger partial charge in [-0.2, -0.15) is 0 Å². The summed E-state index contributed by atoms with van der Waals surface area (Å²) >= 11 is 6.49. The topological polar surface area (TPSA) is 96.6 Å². The van der Waals surface area contributed by atoms with E-state index in [1.54, 1.807) is 12.0 Å². The number of ether oxygens (including phenoxy) is 2. The summed E-state index contributed by atoms with van der Waals surface area (Å²) < 4.78 is 12.0. The third-order valence-electron chi connectivity index (χ3n) is 3.66. The zero-order chi connectivity index (χ0) is 18.8. The van der Waals surface area contributed by atoms with Crippen LogP contribution >= 0.6 is 31.9 Å². The van der Waals surface area contributed by atoms with Gasteiger partial charge < -0.3 is 24.7 Å². The third-order valence-corrected chi connectivity index (χ3v) is 5.34. The molecule has 1 aliphatic rings. The van der Waals surface area contributed by atoms with Crippen molar-refractivity contribution in [3.05, 3.63) is 15.0 Å². The summed E-state index contributed by atoms with van der Waals surface area (Å²) in [6.07, 6.45) is -0.141. The fraction of sp³-hybridized carbons (Fsp3) is 0.667. The number of likely N-dealkylation sites (tertiary alicyclic amines) is 1. The fourth-order valence-corrected chi connectivity index (χ4v) is 3.04. The van der Waals surface area contributed by atoms with Crippen molar-refractivity contribution in [3.8, 4) is 0 Å². The zero-order valence-electron chi connectivity index (χ0n) is 14.6. The average Bonchev–Trinajstić information content (AvgIpc) is 2.85. The standard InChI is InChI=1S/C15H22Br2N4O4/c1-15(2,3)25-14(23)21-6-5-8(9(7-21)24-4)18-13(22)12-19-10(16)11(17)20-12/h8-9H,5-7H2,1-4H3,(H,18,22)(H,19,20)/t8-,9+/m0/s1. The highest BCUT2D eigenvalue weighted by Crippen LogP contribution is 2.21. The van der Waals surface area contributed by atoms with Crippen LogP contribution in [0, 0.1) is 0 Å². The molecule has 0 aromatic carbocycles. The molecule has 0 saturated carbocycles. The van der Waals surface area contributed by atoms with Gasteiger partial charge in [0.1, 0.15) is 14.8 Å². The van der Waals surface area contributed by atoms with Gasteiger partial charge in [0.2, 0.25) is 0 Å². The van der Waals surface area contributed by atoms with Crippen LogP contribution in [0.4, 0.5) is 4.79 Å². The van der Waals surface area contributed by atoms with Crippen LogP contribution in [0.2, 0.25) is 0 Å². The summed E-state index contributed by atoms with van der Waals surface area (Å²) in [6.45, 7) is 6.30. The van der Waals surface area contributed by atoms with Gasteiger partial charge >= 0.3 is 6.09 Å². The monoisotopic (exact) mass is 480 g/mol. The van der Waals surface area contributed by atoms with Gasteiger partial charge in [-0.25, -0.2) is 9.78 Å². The average molecular weight is 482 g/mol. The van der Waals surface area contributed by atoms with Crippen LogP contribution in [-0.2, 0) is 9.47 Å². The van der Waals surface area contributed by atoms with Crippen molar-refractivity contribution in [2.45, 2.75) is 44.9 Å². The molecule has 0 radical (unpaired) electrons. The number of imidazole rings is 1. The predicted octanol–water partition coefficient (Wildman–Crippen LogP) is 2.69. The van der Waals surface area contributed by atoms with Gasteiger partial charge in [0.15, 0.2) is 5.82 Å². The lowest BCUT2D eigenvalue weighted by Crippen LogP contribution is -2.56. The summed E-state index contributed by atoms with van der Waals surface area (Å²) in [7, 11) is 1.56. The molecule has 0 spiro atoms. The van der Waals surface area contributed by atoms with Gasteiger partial charge in [-0.05, 0) is 59.1 Å². The second-order valence-electron chi connectivity index (χ2n) is 6.76. The van der Waals surface area contributed by atoms with E-state index in [9.17, 15) is 9.59 Å². The summed E-state index contributed by atoms with van der Waals surface area (Å²) in [5.74, 6) is -0.132. The second-order valence-corrected chi connectivity index (χ2v) is 8.30. The summed E-state index contributed by atoms with van der Waals surface area (Å²) in [5.41, 5.74) is -0.551. The van der Waals surface area contributed by atoms with E-state index in [0.29, 0.717) is 28.7 Å². The van der Waals surface area contributed by atoms with E-state index in [1.807, 2.05) is 20.8 Å².